The van der Waals surface area contributed by atoms with E-state index in [1.54, 1.807) is 17.9 Å². The Labute approximate surface area is 198 Å². The van der Waals surface area contributed by atoms with E-state index in [0.717, 1.165) is 17.7 Å². The minimum absolute atomic E-state index is 0.123. The fourth-order valence-corrected chi connectivity index (χ4v) is 4.10. The Morgan fingerprint density at radius 2 is 1.66 bits per heavy atom. The number of H-pyrrole nitrogens is 1. The number of nitro groups is 1. The number of carbonyl (C=O) groups excluding carboxylic acids is 2. The quantitative estimate of drug-likeness (QED) is 0.249. The summed E-state index contributed by atoms with van der Waals surface area (Å²) >= 11 is 0. The Kier molecular flexibility index (Phi) is 6.33. The van der Waals surface area contributed by atoms with E-state index in [4.69, 9.17) is 0 Å². The molecule has 1 saturated heterocycles. The van der Waals surface area contributed by atoms with Gasteiger partial charge in [-0.2, -0.15) is 13.2 Å². The van der Waals surface area contributed by atoms with Gasteiger partial charge in [0, 0.05) is 54.9 Å². The lowest BCUT2D eigenvalue weighted by molar-refractivity contribution is -0.388. The van der Waals surface area contributed by atoms with Gasteiger partial charge in [0.25, 0.3) is 17.4 Å². The van der Waals surface area contributed by atoms with Crippen LogP contribution in [0.3, 0.4) is 0 Å². The van der Waals surface area contributed by atoms with Crippen molar-refractivity contribution >= 4 is 23.1 Å². The largest absolute Gasteiger partial charge is 0.423 e. The molecule has 3 aromatic rings. The molecule has 1 aromatic heterocycles. The summed E-state index contributed by atoms with van der Waals surface area (Å²) in [4.78, 5) is 41.8. The van der Waals surface area contributed by atoms with Gasteiger partial charge in [-0.05, 0) is 30.7 Å². The molecule has 35 heavy (non-hydrogen) atoms. The molecule has 0 saturated carbocycles. The molecule has 1 aliphatic heterocycles. The fraction of sp³-hybridized carbons (Fsp3) is 0.250. The molecule has 0 atom stereocenters. The fourth-order valence-electron chi connectivity index (χ4n) is 4.10. The number of nitro benzene ring substituents is 1. The Morgan fingerprint density at radius 3 is 2.26 bits per heavy atom. The molecular weight excluding hydrogens is 465 g/mol. The van der Waals surface area contributed by atoms with Crippen molar-refractivity contribution in [2.45, 2.75) is 13.1 Å². The van der Waals surface area contributed by atoms with E-state index >= 15 is 0 Å². The summed E-state index contributed by atoms with van der Waals surface area (Å²) in [5, 5.41) is 11.0. The molecule has 1 amide bonds. The molecule has 0 bridgehead atoms. The molecular formula is C24H21F3N4O4. The second-order valence-corrected chi connectivity index (χ2v) is 8.15. The van der Waals surface area contributed by atoms with E-state index in [1.165, 1.54) is 11.0 Å². The van der Waals surface area contributed by atoms with Crippen molar-refractivity contribution in [3.05, 3.63) is 81.5 Å². The number of rotatable bonds is 5. The summed E-state index contributed by atoms with van der Waals surface area (Å²) in [5.41, 5.74) is 0.228. The first-order valence-corrected chi connectivity index (χ1v) is 10.8. The maximum atomic E-state index is 13.3. The van der Waals surface area contributed by atoms with Crippen molar-refractivity contribution in [1.82, 2.24) is 9.88 Å². The smallest absolute Gasteiger partial charge is 0.368 e. The van der Waals surface area contributed by atoms with E-state index in [2.05, 4.69) is 4.98 Å². The molecule has 0 radical (unpaired) electrons. The number of aromatic nitrogens is 1. The van der Waals surface area contributed by atoms with E-state index < -0.39 is 34.0 Å². The minimum Gasteiger partial charge on any atom is -0.368 e. The summed E-state index contributed by atoms with van der Waals surface area (Å²) in [5.74, 6) is -1.35. The molecule has 2 aromatic carbocycles. The first-order valence-electron chi connectivity index (χ1n) is 10.8. The molecule has 0 aliphatic carbocycles. The lowest BCUT2D eigenvalue weighted by Crippen LogP contribution is -2.50. The maximum Gasteiger partial charge on any atom is 0.423 e. The number of alkyl halides is 3. The van der Waals surface area contributed by atoms with E-state index in [-0.39, 0.29) is 37.4 Å². The predicted molar refractivity (Wildman–Crippen MR) is 122 cm³/mol. The number of aryl methyl sites for hydroxylation is 1. The number of nitrogens with zero attached hydrogens (tertiary/aromatic N) is 3. The SMILES string of the molecule is Cc1[nH]c(-c2ccccc2)cc1C(=O)C(=O)N1CCN(c2ccc([N+](=O)[O-])c(C(F)(F)F)c2)CC1. The van der Waals surface area contributed by atoms with Gasteiger partial charge < -0.3 is 14.8 Å². The number of piperazine rings is 1. The molecule has 4 rings (SSSR count). The van der Waals surface area contributed by atoms with Crippen LogP contribution in [0.4, 0.5) is 24.5 Å². The van der Waals surface area contributed by atoms with Crippen LogP contribution in [0.25, 0.3) is 11.3 Å². The van der Waals surface area contributed by atoms with Gasteiger partial charge in [0.15, 0.2) is 0 Å². The molecule has 11 heteroatoms. The first kappa shape index (κ1) is 24.0. The normalized spacial score (nSPS) is 14.2. The zero-order chi connectivity index (χ0) is 25.3. The van der Waals surface area contributed by atoms with E-state index in [9.17, 15) is 32.9 Å². The highest BCUT2D eigenvalue weighted by molar-refractivity contribution is 6.43. The Morgan fingerprint density at radius 1 is 1.00 bits per heavy atom. The lowest BCUT2D eigenvalue weighted by atomic mass is 10.1. The third kappa shape index (κ3) is 4.88. The van der Waals surface area contributed by atoms with Gasteiger partial charge in [0.2, 0.25) is 0 Å². The minimum atomic E-state index is -4.88. The van der Waals surface area contributed by atoms with Crippen LogP contribution in [-0.2, 0) is 11.0 Å². The van der Waals surface area contributed by atoms with Crippen LogP contribution < -0.4 is 4.90 Å². The highest BCUT2D eigenvalue weighted by Crippen LogP contribution is 2.38. The molecule has 1 fully saturated rings. The number of aromatic amines is 1. The number of benzene rings is 2. The van der Waals surface area contributed by atoms with Crippen molar-refractivity contribution in [2.75, 3.05) is 31.1 Å². The average Bonchev–Trinajstić information content (AvgIpc) is 3.24. The zero-order valence-electron chi connectivity index (χ0n) is 18.6. The Balaban J connectivity index is 1.46. The summed E-state index contributed by atoms with van der Waals surface area (Å²) in [6.07, 6.45) is -4.88. The van der Waals surface area contributed by atoms with Crippen LogP contribution >= 0.6 is 0 Å². The summed E-state index contributed by atoms with van der Waals surface area (Å²) in [6, 6.07) is 13.8. The van der Waals surface area contributed by atoms with Crippen molar-refractivity contribution in [1.29, 1.82) is 0 Å². The van der Waals surface area contributed by atoms with Gasteiger partial charge in [-0.1, -0.05) is 30.3 Å². The third-order valence-electron chi connectivity index (χ3n) is 5.95. The average molecular weight is 486 g/mol. The zero-order valence-corrected chi connectivity index (χ0v) is 18.6. The second kappa shape index (κ2) is 9.24. The topological polar surface area (TPSA) is 99.6 Å². The van der Waals surface area contributed by atoms with E-state index in [0.29, 0.717) is 11.4 Å². The maximum absolute atomic E-state index is 13.3. The van der Waals surface area contributed by atoms with Crippen molar-refractivity contribution in [2.24, 2.45) is 0 Å². The standard InChI is InChI=1S/C24H21F3N4O4/c1-15-18(14-20(28-15)16-5-3-2-4-6-16)22(32)23(33)30-11-9-29(10-12-30)17-7-8-21(31(34)35)19(13-17)24(25,26)27/h2-8,13-14,28H,9-12H2,1H3. The highest BCUT2D eigenvalue weighted by atomic mass is 19.4. The Bertz CT molecular complexity index is 1280. The van der Waals surface area contributed by atoms with Crippen molar-refractivity contribution in [3.63, 3.8) is 0 Å². The molecule has 2 heterocycles. The van der Waals surface area contributed by atoms with Crippen LogP contribution in [0.2, 0.25) is 0 Å². The number of halogens is 3. The number of ketones is 1. The number of hydrogen-bond acceptors (Lipinski definition) is 5. The second-order valence-electron chi connectivity index (χ2n) is 8.15. The van der Waals surface area contributed by atoms with Gasteiger partial charge in [-0.25, -0.2) is 0 Å². The molecule has 1 N–H and O–H groups in total. The lowest BCUT2D eigenvalue weighted by Gasteiger charge is -2.36. The van der Waals surface area contributed by atoms with Gasteiger partial charge in [-0.15, -0.1) is 0 Å². The molecule has 1 aliphatic rings. The number of Topliss-reactive ketones (excluding diaryl/α,β-unsaturated/α-hetero) is 1. The predicted octanol–water partition coefficient (Wildman–Crippen LogP) is 4.45. The summed E-state index contributed by atoms with van der Waals surface area (Å²) in [7, 11) is 0. The van der Waals surface area contributed by atoms with Crippen molar-refractivity contribution in [3.8, 4) is 11.3 Å². The third-order valence-corrected chi connectivity index (χ3v) is 5.95. The monoisotopic (exact) mass is 486 g/mol. The first-order chi connectivity index (χ1) is 16.6. The van der Waals surface area contributed by atoms with Crippen LogP contribution in [-0.4, -0.2) is 52.7 Å². The highest BCUT2D eigenvalue weighted by Gasteiger charge is 2.39. The van der Waals surface area contributed by atoms with Gasteiger partial charge in [-0.3, -0.25) is 19.7 Å². The van der Waals surface area contributed by atoms with Crippen molar-refractivity contribution < 1.29 is 27.7 Å². The van der Waals surface area contributed by atoms with E-state index in [1.807, 2.05) is 30.3 Å². The molecule has 182 valence electrons. The van der Waals surface area contributed by atoms with Gasteiger partial charge >= 0.3 is 6.18 Å². The molecule has 0 spiro atoms. The van der Waals surface area contributed by atoms with Crippen LogP contribution in [0, 0.1) is 17.0 Å². The van der Waals surface area contributed by atoms with Gasteiger partial charge in [0.05, 0.1) is 4.92 Å². The summed E-state index contributed by atoms with van der Waals surface area (Å²) < 4.78 is 39.9. The number of carbonyl (C=O) groups is 2. The van der Waals surface area contributed by atoms with Crippen LogP contribution in [0.5, 0.6) is 0 Å². The number of hydrogen-bond donors (Lipinski definition) is 1. The molecule has 8 nitrogen and oxygen atoms in total. The summed E-state index contributed by atoms with van der Waals surface area (Å²) in [6.45, 7) is 2.30. The number of amides is 1. The van der Waals surface area contributed by atoms with Crippen LogP contribution in [0.1, 0.15) is 21.6 Å². The molecule has 0 unspecified atom stereocenters. The Hall–Kier alpha value is -4.15. The number of nitrogens with one attached hydrogen (secondary N) is 1. The van der Waals surface area contributed by atoms with Gasteiger partial charge in [0.1, 0.15) is 5.56 Å². The number of anilines is 1. The van der Waals surface area contributed by atoms with Crippen LogP contribution in [0.15, 0.2) is 54.6 Å².